The molecule has 0 nitrogen and oxygen atoms in total. The summed E-state index contributed by atoms with van der Waals surface area (Å²) in [5, 5.41) is 1.89. The molecule has 0 aromatic heterocycles. The normalized spacial score (nSPS) is 19.6. The fourth-order valence-corrected chi connectivity index (χ4v) is 7.24. The van der Waals surface area contributed by atoms with E-state index in [4.69, 9.17) is 63.1 Å². The van der Waals surface area contributed by atoms with E-state index < -0.39 is 0 Å². The number of thiol groups is 9. The molecule has 0 aromatic carbocycles. The second-order valence-electron chi connectivity index (χ2n) is 7.63. The van der Waals surface area contributed by atoms with E-state index in [1.165, 1.54) is 0 Å². The zero-order valence-electron chi connectivity index (χ0n) is 16.6. The van der Waals surface area contributed by atoms with Crippen LogP contribution in [0.2, 0.25) is 0 Å². The maximum absolute atomic E-state index is 4.81. The molecule has 0 aromatic rings. The molecule has 0 bridgehead atoms. The van der Waals surface area contributed by atoms with Gasteiger partial charge in [-0.05, 0) is 86.2 Å². The molecule has 170 valence electrons. The van der Waals surface area contributed by atoms with Crippen molar-refractivity contribution in [3.8, 4) is 0 Å². The molecule has 0 aliphatic carbocycles. The minimum absolute atomic E-state index is 0.361. The minimum Gasteiger partial charge on any atom is -0.179 e. The Morgan fingerprint density at radius 1 is 0.429 bits per heavy atom. The van der Waals surface area contributed by atoms with E-state index in [0.717, 1.165) is 74.4 Å². The topological polar surface area (TPSA) is 0 Å². The van der Waals surface area contributed by atoms with Crippen molar-refractivity contribution in [2.75, 3.05) is 23.0 Å². The van der Waals surface area contributed by atoms with Crippen LogP contribution in [0.4, 0.5) is 0 Å². The van der Waals surface area contributed by atoms with Gasteiger partial charge < -0.3 is 0 Å². The summed E-state index contributed by atoms with van der Waals surface area (Å²) in [5.74, 6) is 4.44. The first-order valence-corrected chi connectivity index (χ1v) is 15.2. The van der Waals surface area contributed by atoms with Crippen molar-refractivity contribution in [3.05, 3.63) is 0 Å². The first-order chi connectivity index (χ1) is 13.3. The zero-order valence-corrected chi connectivity index (χ0v) is 24.6. The van der Waals surface area contributed by atoms with E-state index in [1.807, 2.05) is 0 Å². The van der Waals surface area contributed by atoms with Gasteiger partial charge in [0.2, 0.25) is 0 Å². The van der Waals surface area contributed by atoms with Crippen LogP contribution in [-0.4, -0.2) is 49.3 Å². The largest absolute Gasteiger partial charge is 0.179 e. The Morgan fingerprint density at radius 3 is 1.04 bits per heavy atom. The molecular weight excluding hydrogens is 517 g/mol. The van der Waals surface area contributed by atoms with Gasteiger partial charge in [-0.15, -0.1) is 0 Å². The predicted molar refractivity (Wildman–Crippen MR) is 163 cm³/mol. The number of hydrogen-bond donors (Lipinski definition) is 9. The Kier molecular flexibility index (Phi) is 21.8. The molecule has 0 heterocycles. The van der Waals surface area contributed by atoms with Gasteiger partial charge in [0, 0.05) is 26.2 Å². The van der Waals surface area contributed by atoms with Gasteiger partial charge in [0.15, 0.2) is 0 Å². The molecule has 0 radical (unpaired) electrons. The SMILES string of the molecule is SCCC(S)C(CS)CC(S)CCC(S)CCC(S)CC(CS)C(S)CCS. The van der Waals surface area contributed by atoms with Crippen molar-refractivity contribution < 1.29 is 0 Å². The number of hydrogen-bond acceptors (Lipinski definition) is 9. The Labute approximate surface area is 224 Å². The van der Waals surface area contributed by atoms with E-state index in [2.05, 4.69) is 50.5 Å². The highest BCUT2D eigenvalue weighted by atomic mass is 32.1. The Hall–Kier alpha value is 3.15. The molecule has 6 atom stereocenters. The Morgan fingerprint density at radius 2 is 0.750 bits per heavy atom. The standard InChI is InChI=1S/C19H40S9/c20-7-5-18(27)13(11-22)9-16(25)3-1-15(24)2-4-17(26)10-14(12-23)19(28)6-8-21/h13-28H,1-12H2. The maximum Gasteiger partial charge on any atom is 0.00610 e. The zero-order chi connectivity index (χ0) is 21.5. The van der Waals surface area contributed by atoms with Crippen molar-refractivity contribution in [1.29, 1.82) is 0 Å². The summed E-state index contributed by atoms with van der Waals surface area (Å²) in [6.45, 7) is 0. The van der Waals surface area contributed by atoms with Crippen LogP contribution in [0.3, 0.4) is 0 Å². The third kappa shape index (κ3) is 15.1. The maximum atomic E-state index is 4.81. The van der Waals surface area contributed by atoms with E-state index in [0.29, 0.717) is 38.1 Å². The molecule has 0 rings (SSSR count). The van der Waals surface area contributed by atoms with E-state index >= 15 is 0 Å². The lowest BCUT2D eigenvalue weighted by molar-refractivity contribution is 0.471. The molecule has 0 spiro atoms. The third-order valence-electron chi connectivity index (χ3n) is 5.22. The van der Waals surface area contributed by atoms with Crippen LogP contribution < -0.4 is 0 Å². The summed E-state index contributed by atoms with van der Waals surface area (Å²) >= 11 is 41.5. The fourth-order valence-electron chi connectivity index (χ4n) is 3.29. The van der Waals surface area contributed by atoms with Crippen LogP contribution in [0, 0.1) is 11.8 Å². The molecule has 0 aliphatic rings. The molecule has 0 N–H and O–H groups in total. The summed E-state index contributed by atoms with van der Waals surface area (Å²) in [5.41, 5.74) is 0. The van der Waals surface area contributed by atoms with Crippen molar-refractivity contribution >= 4 is 114 Å². The fraction of sp³-hybridized carbons (Fsp3) is 1.00. The Balaban J connectivity index is 4.14. The second-order valence-corrected chi connectivity index (χ2v) is 12.8. The summed E-state index contributed by atoms with van der Waals surface area (Å²) in [4.78, 5) is 0. The van der Waals surface area contributed by atoms with Gasteiger partial charge in [0.25, 0.3) is 0 Å². The average molecular weight is 557 g/mol. The molecule has 9 heteroatoms. The van der Waals surface area contributed by atoms with Crippen LogP contribution in [-0.2, 0) is 0 Å². The minimum atomic E-state index is 0.361. The molecular formula is C19H40S9. The smallest absolute Gasteiger partial charge is 0.00610 e. The molecule has 0 saturated heterocycles. The summed E-state index contributed by atoms with van der Waals surface area (Å²) < 4.78 is 0. The summed E-state index contributed by atoms with van der Waals surface area (Å²) in [6, 6.07) is 0. The summed E-state index contributed by atoms with van der Waals surface area (Å²) in [6.07, 6.45) is 8.50. The second kappa shape index (κ2) is 19.6. The number of rotatable bonds is 18. The van der Waals surface area contributed by atoms with Crippen LogP contribution in [0.25, 0.3) is 0 Å². The average Bonchev–Trinajstić information content (AvgIpc) is 2.67. The van der Waals surface area contributed by atoms with Gasteiger partial charge >= 0.3 is 0 Å². The van der Waals surface area contributed by atoms with Gasteiger partial charge in [-0.2, -0.15) is 114 Å². The van der Waals surface area contributed by atoms with Crippen LogP contribution >= 0.6 is 114 Å². The first-order valence-electron chi connectivity index (χ1n) is 10.1. The van der Waals surface area contributed by atoms with Crippen molar-refractivity contribution in [1.82, 2.24) is 0 Å². The quantitative estimate of drug-likeness (QED) is 0.0840. The molecule has 0 aliphatic heterocycles. The molecule has 0 fully saturated rings. The van der Waals surface area contributed by atoms with Crippen molar-refractivity contribution in [2.45, 2.75) is 77.6 Å². The van der Waals surface area contributed by atoms with Crippen LogP contribution in [0.1, 0.15) is 51.4 Å². The van der Waals surface area contributed by atoms with Crippen molar-refractivity contribution in [2.24, 2.45) is 11.8 Å². The van der Waals surface area contributed by atoms with Gasteiger partial charge in [0.05, 0.1) is 0 Å². The molecule has 6 unspecified atom stereocenters. The van der Waals surface area contributed by atoms with Crippen molar-refractivity contribution in [3.63, 3.8) is 0 Å². The van der Waals surface area contributed by atoms with E-state index in [9.17, 15) is 0 Å². The lowest BCUT2D eigenvalue weighted by Gasteiger charge is -2.25. The first kappa shape index (κ1) is 31.1. The lowest BCUT2D eigenvalue weighted by atomic mass is 9.95. The van der Waals surface area contributed by atoms with Crippen LogP contribution in [0.5, 0.6) is 0 Å². The lowest BCUT2D eigenvalue weighted by Crippen LogP contribution is -2.22. The van der Waals surface area contributed by atoms with Crippen LogP contribution in [0.15, 0.2) is 0 Å². The van der Waals surface area contributed by atoms with E-state index in [1.54, 1.807) is 0 Å². The predicted octanol–water partition coefficient (Wildman–Crippen LogP) is 6.55. The highest BCUT2D eigenvalue weighted by Gasteiger charge is 2.22. The van der Waals surface area contributed by atoms with Gasteiger partial charge in [-0.1, -0.05) is 0 Å². The molecule has 0 saturated carbocycles. The molecule has 0 amide bonds. The summed E-state index contributed by atoms with van der Waals surface area (Å²) in [7, 11) is 0. The van der Waals surface area contributed by atoms with Gasteiger partial charge in [-0.3, -0.25) is 0 Å². The third-order valence-corrected chi connectivity index (χ3v) is 9.49. The monoisotopic (exact) mass is 556 g/mol. The highest BCUT2D eigenvalue weighted by molar-refractivity contribution is 7.83. The highest BCUT2D eigenvalue weighted by Crippen LogP contribution is 2.29. The van der Waals surface area contributed by atoms with E-state index in [-0.39, 0.29) is 0 Å². The van der Waals surface area contributed by atoms with Gasteiger partial charge in [0.1, 0.15) is 0 Å². The Bertz CT molecular complexity index is 326. The molecule has 28 heavy (non-hydrogen) atoms. The van der Waals surface area contributed by atoms with Gasteiger partial charge in [-0.25, -0.2) is 0 Å².